The molecule has 2 atom stereocenters. The molecule has 1 aliphatic heterocycles. The second-order valence-corrected chi connectivity index (χ2v) is 10.9. The number of benzene rings is 1. The van der Waals surface area contributed by atoms with Crippen molar-refractivity contribution in [1.82, 2.24) is 4.47 Å². The van der Waals surface area contributed by atoms with E-state index < -0.39 is 31.5 Å². The third kappa shape index (κ3) is 4.80. The largest absolute Gasteiger partial charge is 0.504 e. The summed E-state index contributed by atoms with van der Waals surface area (Å²) in [5.74, 6) is -0.699. The number of nitrogens with one attached hydrogen (secondary N) is 2. The van der Waals surface area contributed by atoms with Crippen molar-refractivity contribution >= 4 is 38.7 Å². The summed E-state index contributed by atoms with van der Waals surface area (Å²) >= 11 is 6.08. The molecule has 10 nitrogen and oxygen atoms in total. The van der Waals surface area contributed by atoms with E-state index in [4.69, 9.17) is 21.2 Å². The van der Waals surface area contributed by atoms with Gasteiger partial charge in [0, 0.05) is 6.54 Å². The summed E-state index contributed by atoms with van der Waals surface area (Å²) in [6.45, 7) is 7.47. The molecule has 3 rings (SSSR count). The van der Waals surface area contributed by atoms with Crippen molar-refractivity contribution < 1.29 is 23.1 Å². The molecule has 3 N–H and O–H groups in total. The number of ether oxygens (including phenoxy) is 1. The van der Waals surface area contributed by atoms with E-state index in [9.17, 15) is 23.1 Å². The molecule has 0 unspecified atom stereocenters. The Morgan fingerprint density at radius 2 is 1.91 bits per heavy atom. The van der Waals surface area contributed by atoms with Crippen molar-refractivity contribution in [2.24, 2.45) is 0 Å². The van der Waals surface area contributed by atoms with E-state index in [2.05, 4.69) is 10.6 Å². The lowest BCUT2D eigenvalue weighted by molar-refractivity contribution is -0.0443. The Bertz CT molecular complexity index is 1230. The van der Waals surface area contributed by atoms with Crippen LogP contribution in [0.1, 0.15) is 47.0 Å². The summed E-state index contributed by atoms with van der Waals surface area (Å²) in [7, 11) is -3.13. The van der Waals surface area contributed by atoms with Gasteiger partial charge in [-0.3, -0.25) is 14.4 Å². The molecule has 1 heterocycles. The lowest BCUT2D eigenvalue weighted by atomic mass is 10.0. The highest BCUT2D eigenvalue weighted by Crippen LogP contribution is 2.40. The van der Waals surface area contributed by atoms with E-state index in [0.29, 0.717) is 10.9 Å². The first-order chi connectivity index (χ1) is 15.9. The molecule has 1 saturated heterocycles. The third-order valence-corrected chi connectivity index (χ3v) is 8.26. The fourth-order valence-electron chi connectivity index (χ4n) is 4.12. The molecule has 12 heteroatoms. The summed E-state index contributed by atoms with van der Waals surface area (Å²) in [6.07, 6.45) is 2.20. The molecular weight excluding hydrogens is 486 g/mol. The highest BCUT2D eigenvalue weighted by atomic mass is 35.5. The van der Waals surface area contributed by atoms with Crippen molar-refractivity contribution in [2.45, 2.75) is 69.6 Å². The Morgan fingerprint density at radius 1 is 1.26 bits per heavy atom. The molecule has 188 valence electrons. The molecule has 1 fully saturated rings. The molecule has 34 heavy (non-hydrogen) atoms. The Labute approximate surface area is 203 Å². The van der Waals surface area contributed by atoms with Crippen LogP contribution >= 0.6 is 11.6 Å². The molecular formula is C22H30ClN3O7S. The van der Waals surface area contributed by atoms with Crippen LogP contribution in [0.5, 0.6) is 5.75 Å². The molecule has 0 aliphatic carbocycles. The first-order valence-corrected chi connectivity index (χ1v) is 12.8. The number of hydrogen-bond acceptors (Lipinski definition) is 9. The highest BCUT2D eigenvalue weighted by Gasteiger charge is 2.37. The van der Waals surface area contributed by atoms with Crippen LogP contribution in [0, 0.1) is 0 Å². The number of sulfonamides is 1. The van der Waals surface area contributed by atoms with E-state index in [1.807, 2.05) is 20.8 Å². The van der Waals surface area contributed by atoms with E-state index in [1.54, 1.807) is 6.92 Å². The monoisotopic (exact) mass is 515 g/mol. The lowest BCUT2D eigenvalue weighted by Crippen LogP contribution is -2.42. The number of hydrogen-bond donors (Lipinski definition) is 3. The third-order valence-electron chi connectivity index (χ3n) is 5.96. The zero-order chi connectivity index (χ0) is 25.4. The van der Waals surface area contributed by atoms with Gasteiger partial charge in [-0.25, -0.2) is 8.42 Å². The predicted octanol–water partition coefficient (Wildman–Crippen LogP) is 3.11. The minimum absolute atomic E-state index is 0.0308. The molecule has 0 spiro atoms. The quantitative estimate of drug-likeness (QED) is 0.248. The van der Waals surface area contributed by atoms with Crippen molar-refractivity contribution in [1.29, 1.82) is 0 Å². The summed E-state index contributed by atoms with van der Waals surface area (Å²) in [5, 5.41) is 16.3. The van der Waals surface area contributed by atoms with Gasteiger partial charge in [0.1, 0.15) is 16.3 Å². The van der Waals surface area contributed by atoms with Crippen LogP contribution in [0.2, 0.25) is 5.02 Å². The normalized spacial score (nSPS) is 19.0. The van der Waals surface area contributed by atoms with Crippen LogP contribution in [-0.4, -0.2) is 49.4 Å². The average Bonchev–Trinajstić information content (AvgIpc) is 3.14. The molecule has 0 aromatic heterocycles. The van der Waals surface area contributed by atoms with E-state index in [0.717, 1.165) is 12.8 Å². The van der Waals surface area contributed by atoms with Crippen molar-refractivity contribution in [3.63, 3.8) is 0 Å². The maximum absolute atomic E-state index is 12.9. The van der Waals surface area contributed by atoms with Gasteiger partial charge >= 0.3 is 0 Å². The SMILES string of the molecule is CC[C@@H](Nc1c(Nc2ccc(Cl)c(S(=O)(=O)N(CC)OC)c2O)c(=O)c1=O)[C@H]1CCC(C)(C)O1. The Balaban J connectivity index is 1.93. The number of phenols is 1. The zero-order valence-corrected chi connectivity index (χ0v) is 21.3. The maximum atomic E-state index is 12.9. The smallest absolute Gasteiger partial charge is 0.270 e. The van der Waals surface area contributed by atoms with E-state index in [-0.39, 0.29) is 46.4 Å². The maximum Gasteiger partial charge on any atom is 0.270 e. The number of halogens is 1. The van der Waals surface area contributed by atoms with Crippen LogP contribution in [0.3, 0.4) is 0 Å². The summed E-state index contributed by atoms with van der Waals surface area (Å²) in [6, 6.07) is 2.38. The van der Waals surface area contributed by atoms with E-state index >= 15 is 0 Å². The summed E-state index contributed by atoms with van der Waals surface area (Å²) in [4.78, 5) is 29.0. The minimum Gasteiger partial charge on any atom is -0.504 e. The van der Waals surface area contributed by atoms with Gasteiger partial charge in [-0.2, -0.15) is 0 Å². The first-order valence-electron chi connectivity index (χ1n) is 11.0. The number of aromatic hydroxyl groups is 1. The Hall–Kier alpha value is -2.18. The van der Waals surface area contributed by atoms with Crippen LogP contribution in [-0.2, 0) is 19.6 Å². The van der Waals surface area contributed by atoms with Gasteiger partial charge in [-0.05, 0) is 52.2 Å². The van der Waals surface area contributed by atoms with Gasteiger partial charge in [0.25, 0.3) is 20.9 Å². The topological polar surface area (TPSA) is 134 Å². The van der Waals surface area contributed by atoms with Gasteiger partial charge in [0.05, 0.1) is 35.6 Å². The summed E-state index contributed by atoms with van der Waals surface area (Å²) < 4.78 is 32.5. The molecule has 0 radical (unpaired) electrons. The van der Waals surface area contributed by atoms with Crippen LogP contribution in [0.25, 0.3) is 0 Å². The van der Waals surface area contributed by atoms with Crippen molar-refractivity contribution in [2.75, 3.05) is 24.3 Å². The predicted molar refractivity (Wildman–Crippen MR) is 130 cm³/mol. The highest BCUT2D eigenvalue weighted by molar-refractivity contribution is 7.89. The second kappa shape index (κ2) is 9.82. The first kappa shape index (κ1) is 26.4. The van der Waals surface area contributed by atoms with Crippen molar-refractivity contribution in [3.05, 3.63) is 37.6 Å². The molecule has 0 bridgehead atoms. The average molecular weight is 516 g/mol. The van der Waals surface area contributed by atoms with Gasteiger partial charge in [0.2, 0.25) is 0 Å². The summed E-state index contributed by atoms with van der Waals surface area (Å²) in [5.41, 5.74) is -1.85. The Kier molecular flexibility index (Phi) is 7.63. The number of phenolic OH excluding ortho intramolecular Hbond substituents is 1. The van der Waals surface area contributed by atoms with Gasteiger partial charge in [-0.15, -0.1) is 0 Å². The number of nitrogens with zero attached hydrogens (tertiary/aromatic N) is 1. The van der Waals surface area contributed by atoms with Crippen LogP contribution in [0.15, 0.2) is 26.6 Å². The number of anilines is 3. The van der Waals surface area contributed by atoms with Gasteiger partial charge in [-0.1, -0.05) is 23.0 Å². The number of hydroxylamine groups is 1. The fourth-order valence-corrected chi connectivity index (χ4v) is 5.97. The zero-order valence-electron chi connectivity index (χ0n) is 19.8. The molecule has 1 aliphatic rings. The Morgan fingerprint density at radius 3 is 2.44 bits per heavy atom. The van der Waals surface area contributed by atoms with E-state index in [1.165, 1.54) is 19.2 Å². The number of rotatable bonds is 10. The van der Waals surface area contributed by atoms with Crippen LogP contribution < -0.4 is 21.5 Å². The molecule has 0 saturated carbocycles. The standard InChI is InChI=1S/C22H30ClN3O7S/c1-6-13(15-10-11-22(3,4)33-15)24-16-17(20(29)19(16)28)25-14-9-8-12(23)21(18(14)27)34(30,31)26(7-2)32-5/h8-9,13,15,24-25,27H,6-7,10-11H2,1-5H3/t13-,15-/m1/s1. The fraction of sp³-hybridized carbons (Fsp3) is 0.545. The second-order valence-electron chi connectivity index (χ2n) is 8.73. The van der Waals surface area contributed by atoms with Crippen molar-refractivity contribution in [3.8, 4) is 5.75 Å². The molecule has 0 amide bonds. The van der Waals surface area contributed by atoms with Gasteiger partial charge < -0.3 is 20.5 Å². The van der Waals surface area contributed by atoms with Gasteiger partial charge in [0.15, 0.2) is 5.75 Å². The minimum atomic E-state index is -4.30. The van der Waals surface area contributed by atoms with Crippen LogP contribution in [0.4, 0.5) is 17.1 Å². The molecule has 2 aromatic rings. The molecule has 2 aromatic carbocycles. The lowest BCUT2D eigenvalue weighted by Gasteiger charge is -2.28.